The van der Waals surface area contributed by atoms with Gasteiger partial charge in [0.15, 0.2) is 23.0 Å². The van der Waals surface area contributed by atoms with Gasteiger partial charge in [0.05, 0.1) is 0 Å². The number of ether oxygens (including phenoxy) is 4. The van der Waals surface area contributed by atoms with Gasteiger partial charge in [-0.25, -0.2) is 0 Å². The van der Waals surface area contributed by atoms with Crippen LogP contribution in [0.2, 0.25) is 0 Å². The van der Waals surface area contributed by atoms with Gasteiger partial charge in [-0.05, 0) is 52.6 Å². The fraction of sp³-hybridized carbons (Fsp3) is 0.100. The van der Waals surface area contributed by atoms with Crippen LogP contribution in [0.15, 0.2) is 60.7 Å². The molecule has 0 fully saturated rings. The van der Waals surface area contributed by atoms with E-state index >= 15 is 0 Å². The molecule has 0 aromatic heterocycles. The standard InChI is InChI=1S/C20H14O4/c1-2-13(15-4-6-17-19(9-15)23-11-21-17)8-14(3-1)16-5-7-18-20(10-16)24-12-22-18/h1-10H,11-12H2. The van der Waals surface area contributed by atoms with Crippen LogP contribution in [0.5, 0.6) is 23.0 Å². The van der Waals surface area contributed by atoms with Crippen molar-refractivity contribution in [3.05, 3.63) is 60.7 Å². The van der Waals surface area contributed by atoms with E-state index in [1.807, 2.05) is 36.4 Å². The van der Waals surface area contributed by atoms with Crippen molar-refractivity contribution in [2.45, 2.75) is 0 Å². The summed E-state index contributed by atoms with van der Waals surface area (Å²) in [6.07, 6.45) is 0. The third kappa shape index (κ3) is 2.15. The molecule has 2 aliphatic rings. The van der Waals surface area contributed by atoms with Gasteiger partial charge in [-0.15, -0.1) is 0 Å². The summed E-state index contributed by atoms with van der Waals surface area (Å²) in [6.45, 7) is 0.575. The van der Waals surface area contributed by atoms with E-state index < -0.39 is 0 Å². The second kappa shape index (κ2) is 5.20. The van der Waals surface area contributed by atoms with E-state index in [9.17, 15) is 0 Å². The smallest absolute Gasteiger partial charge is 0.231 e. The fourth-order valence-corrected chi connectivity index (χ4v) is 3.03. The molecule has 0 saturated heterocycles. The first-order valence-corrected chi connectivity index (χ1v) is 7.77. The molecule has 0 atom stereocenters. The van der Waals surface area contributed by atoms with Crippen molar-refractivity contribution in [2.24, 2.45) is 0 Å². The van der Waals surface area contributed by atoms with Gasteiger partial charge in [0.2, 0.25) is 13.6 Å². The molecule has 118 valence electrons. The lowest BCUT2D eigenvalue weighted by Gasteiger charge is -2.08. The molecular formula is C20H14O4. The topological polar surface area (TPSA) is 36.9 Å². The Morgan fingerprint density at radius 3 is 1.46 bits per heavy atom. The number of hydrogen-bond acceptors (Lipinski definition) is 4. The van der Waals surface area contributed by atoms with Crippen molar-refractivity contribution >= 4 is 0 Å². The molecule has 5 rings (SSSR count). The molecule has 2 heterocycles. The van der Waals surface area contributed by atoms with Crippen LogP contribution in [0.25, 0.3) is 22.3 Å². The molecule has 3 aromatic rings. The normalized spacial score (nSPS) is 14.0. The average molecular weight is 318 g/mol. The maximum atomic E-state index is 5.47. The molecular weight excluding hydrogens is 304 g/mol. The third-order valence-electron chi connectivity index (χ3n) is 4.27. The van der Waals surface area contributed by atoms with Crippen LogP contribution in [0.3, 0.4) is 0 Å². The van der Waals surface area contributed by atoms with Crippen molar-refractivity contribution < 1.29 is 18.9 Å². The predicted octanol–water partition coefficient (Wildman–Crippen LogP) is 4.48. The Morgan fingerprint density at radius 1 is 0.458 bits per heavy atom. The van der Waals surface area contributed by atoms with Crippen LogP contribution in [-0.2, 0) is 0 Å². The first kappa shape index (κ1) is 13.3. The van der Waals surface area contributed by atoms with Crippen molar-refractivity contribution in [2.75, 3.05) is 13.6 Å². The molecule has 0 N–H and O–H groups in total. The Kier molecular flexibility index (Phi) is 2.88. The average Bonchev–Trinajstić information content (AvgIpc) is 3.29. The zero-order chi connectivity index (χ0) is 15.9. The quantitative estimate of drug-likeness (QED) is 0.698. The number of hydrogen-bond donors (Lipinski definition) is 0. The summed E-state index contributed by atoms with van der Waals surface area (Å²) in [4.78, 5) is 0. The van der Waals surface area contributed by atoms with Gasteiger partial charge in [-0.1, -0.05) is 30.3 Å². The molecule has 0 radical (unpaired) electrons. The first-order chi connectivity index (χ1) is 11.9. The summed E-state index contributed by atoms with van der Waals surface area (Å²) in [7, 11) is 0. The van der Waals surface area contributed by atoms with Crippen molar-refractivity contribution in [1.82, 2.24) is 0 Å². The van der Waals surface area contributed by atoms with Crippen molar-refractivity contribution in [3.63, 3.8) is 0 Å². The Bertz CT molecular complexity index is 860. The SMILES string of the molecule is c1cc(-c2ccc3c(c2)OCO3)cc(-c2ccc3c(c2)OCO3)c1. The molecule has 0 aliphatic carbocycles. The predicted molar refractivity (Wildman–Crippen MR) is 89.6 cm³/mol. The van der Waals surface area contributed by atoms with Crippen LogP contribution in [-0.4, -0.2) is 13.6 Å². The zero-order valence-electron chi connectivity index (χ0n) is 12.8. The second-order valence-electron chi connectivity index (χ2n) is 5.72. The first-order valence-electron chi connectivity index (χ1n) is 7.77. The van der Waals surface area contributed by atoms with Crippen LogP contribution in [0.4, 0.5) is 0 Å². The largest absolute Gasteiger partial charge is 0.454 e. The highest BCUT2D eigenvalue weighted by Crippen LogP contribution is 2.38. The monoisotopic (exact) mass is 318 g/mol. The van der Waals surface area contributed by atoms with E-state index in [1.165, 1.54) is 0 Å². The van der Waals surface area contributed by atoms with Crippen LogP contribution in [0, 0.1) is 0 Å². The molecule has 0 spiro atoms. The lowest BCUT2D eigenvalue weighted by atomic mass is 9.98. The maximum absolute atomic E-state index is 5.47. The highest BCUT2D eigenvalue weighted by atomic mass is 16.7. The lowest BCUT2D eigenvalue weighted by Crippen LogP contribution is -1.92. The van der Waals surface area contributed by atoms with E-state index in [-0.39, 0.29) is 13.6 Å². The number of fused-ring (bicyclic) bond motifs is 2. The number of benzene rings is 3. The molecule has 3 aromatic carbocycles. The summed E-state index contributed by atoms with van der Waals surface area (Å²) >= 11 is 0. The van der Waals surface area contributed by atoms with Crippen molar-refractivity contribution in [3.8, 4) is 45.3 Å². The van der Waals surface area contributed by atoms with Gasteiger partial charge in [0.25, 0.3) is 0 Å². The summed E-state index contributed by atoms with van der Waals surface area (Å²) in [6, 6.07) is 20.4. The van der Waals surface area contributed by atoms with Crippen LogP contribution >= 0.6 is 0 Å². The van der Waals surface area contributed by atoms with Gasteiger partial charge in [0.1, 0.15) is 0 Å². The molecule has 4 nitrogen and oxygen atoms in total. The van der Waals surface area contributed by atoms with Gasteiger partial charge >= 0.3 is 0 Å². The maximum Gasteiger partial charge on any atom is 0.231 e. The van der Waals surface area contributed by atoms with Gasteiger partial charge in [-0.2, -0.15) is 0 Å². The van der Waals surface area contributed by atoms with Crippen LogP contribution in [0.1, 0.15) is 0 Å². The van der Waals surface area contributed by atoms with E-state index in [0.29, 0.717) is 0 Å². The summed E-state index contributed by atoms with van der Waals surface area (Å²) < 4.78 is 21.7. The van der Waals surface area contributed by atoms with E-state index in [4.69, 9.17) is 18.9 Å². The van der Waals surface area contributed by atoms with E-state index in [0.717, 1.165) is 45.3 Å². The Labute approximate surface area is 139 Å². The zero-order valence-corrected chi connectivity index (χ0v) is 12.8. The molecule has 0 bridgehead atoms. The highest BCUT2D eigenvalue weighted by molar-refractivity contribution is 5.75. The highest BCUT2D eigenvalue weighted by Gasteiger charge is 2.15. The summed E-state index contributed by atoms with van der Waals surface area (Å²) in [5, 5.41) is 0. The lowest BCUT2D eigenvalue weighted by molar-refractivity contribution is 0.173. The van der Waals surface area contributed by atoms with Crippen LogP contribution < -0.4 is 18.9 Å². The van der Waals surface area contributed by atoms with Gasteiger partial charge in [0, 0.05) is 0 Å². The summed E-state index contributed by atoms with van der Waals surface area (Å²) in [5.74, 6) is 3.18. The molecule has 0 unspecified atom stereocenters. The molecule has 2 aliphatic heterocycles. The molecule has 4 heteroatoms. The van der Waals surface area contributed by atoms with E-state index in [2.05, 4.69) is 24.3 Å². The van der Waals surface area contributed by atoms with Gasteiger partial charge in [-0.3, -0.25) is 0 Å². The minimum Gasteiger partial charge on any atom is -0.454 e. The Hall–Kier alpha value is -3.14. The van der Waals surface area contributed by atoms with E-state index in [1.54, 1.807) is 0 Å². The third-order valence-corrected chi connectivity index (χ3v) is 4.27. The van der Waals surface area contributed by atoms with Gasteiger partial charge < -0.3 is 18.9 Å². The fourth-order valence-electron chi connectivity index (χ4n) is 3.03. The Morgan fingerprint density at radius 2 is 0.917 bits per heavy atom. The molecule has 0 saturated carbocycles. The minimum absolute atomic E-state index is 0.288. The molecule has 0 amide bonds. The number of rotatable bonds is 2. The molecule has 24 heavy (non-hydrogen) atoms. The summed E-state index contributed by atoms with van der Waals surface area (Å²) in [5.41, 5.74) is 4.45. The Balaban J connectivity index is 1.54. The minimum atomic E-state index is 0.288. The van der Waals surface area contributed by atoms with Crippen molar-refractivity contribution in [1.29, 1.82) is 0 Å². The second-order valence-corrected chi connectivity index (χ2v) is 5.72.